The van der Waals surface area contributed by atoms with Crippen LogP contribution in [0.15, 0.2) is 18.6 Å². The summed E-state index contributed by atoms with van der Waals surface area (Å²) in [4.78, 5) is 24.3. The zero-order valence-corrected chi connectivity index (χ0v) is 12.1. The summed E-state index contributed by atoms with van der Waals surface area (Å²) in [5.74, 6) is -0.440. The molecule has 0 aliphatic carbocycles. The highest BCUT2D eigenvalue weighted by Gasteiger charge is 2.28. The number of carbonyl (C=O) groups excluding carboxylic acids is 1. The van der Waals surface area contributed by atoms with Gasteiger partial charge in [0, 0.05) is 38.9 Å². The predicted octanol–water partition coefficient (Wildman–Crippen LogP) is 0.817. The van der Waals surface area contributed by atoms with Crippen molar-refractivity contribution in [3.05, 3.63) is 40.0 Å². The van der Waals surface area contributed by atoms with Crippen molar-refractivity contribution in [3.8, 4) is 0 Å². The first-order valence-corrected chi connectivity index (χ1v) is 6.37. The van der Waals surface area contributed by atoms with Crippen LogP contribution in [0.25, 0.3) is 0 Å². The molecule has 2 aromatic rings. The number of rotatable bonds is 5. The number of aromatic nitrogens is 4. The van der Waals surface area contributed by atoms with Crippen molar-refractivity contribution in [2.24, 2.45) is 7.05 Å². The van der Waals surface area contributed by atoms with E-state index in [1.54, 1.807) is 38.1 Å². The molecule has 2 heterocycles. The molecular formula is C12H16N6O3. The second-order valence-electron chi connectivity index (χ2n) is 4.63. The highest BCUT2D eigenvalue weighted by atomic mass is 16.6. The van der Waals surface area contributed by atoms with Gasteiger partial charge in [-0.2, -0.15) is 10.2 Å². The van der Waals surface area contributed by atoms with E-state index >= 15 is 0 Å². The Hall–Kier alpha value is -2.71. The summed E-state index contributed by atoms with van der Waals surface area (Å²) in [5.41, 5.74) is 0.562. The van der Waals surface area contributed by atoms with E-state index in [0.29, 0.717) is 13.1 Å². The van der Waals surface area contributed by atoms with Crippen LogP contribution in [0.1, 0.15) is 23.0 Å². The van der Waals surface area contributed by atoms with Crippen LogP contribution in [0.5, 0.6) is 0 Å². The molecule has 0 spiro atoms. The molecule has 0 saturated carbocycles. The maximum absolute atomic E-state index is 12.5. The van der Waals surface area contributed by atoms with E-state index in [0.717, 1.165) is 11.8 Å². The van der Waals surface area contributed by atoms with Crippen molar-refractivity contribution in [1.82, 2.24) is 24.5 Å². The lowest BCUT2D eigenvalue weighted by atomic mass is 10.3. The van der Waals surface area contributed by atoms with Crippen molar-refractivity contribution < 1.29 is 9.72 Å². The number of nitrogens with zero attached hydrogens (tertiary/aromatic N) is 6. The molecule has 0 fully saturated rings. The summed E-state index contributed by atoms with van der Waals surface area (Å²) < 4.78 is 2.96. The molecule has 2 rings (SSSR count). The van der Waals surface area contributed by atoms with Gasteiger partial charge in [-0.3, -0.25) is 24.3 Å². The lowest BCUT2D eigenvalue weighted by Gasteiger charge is -2.16. The Morgan fingerprint density at radius 2 is 2.14 bits per heavy atom. The zero-order chi connectivity index (χ0) is 15.6. The van der Waals surface area contributed by atoms with Gasteiger partial charge in [0.15, 0.2) is 0 Å². The minimum atomic E-state index is -0.593. The monoisotopic (exact) mass is 292 g/mol. The topological polar surface area (TPSA) is 99.1 Å². The van der Waals surface area contributed by atoms with Crippen LogP contribution in [0, 0.1) is 10.1 Å². The van der Waals surface area contributed by atoms with Gasteiger partial charge in [-0.05, 0) is 6.92 Å². The molecule has 0 aliphatic heterocycles. The van der Waals surface area contributed by atoms with Crippen molar-refractivity contribution in [1.29, 1.82) is 0 Å². The summed E-state index contributed by atoms with van der Waals surface area (Å²) >= 11 is 0. The number of hydrogen-bond acceptors (Lipinski definition) is 5. The second-order valence-corrected chi connectivity index (χ2v) is 4.63. The SMILES string of the molecule is CCn1ncc([N+](=O)[O-])c1C(=O)N(C)Cc1cnn(C)c1. The molecule has 9 nitrogen and oxygen atoms in total. The summed E-state index contributed by atoms with van der Waals surface area (Å²) in [6.45, 7) is 2.48. The fraction of sp³-hybridized carbons (Fsp3) is 0.417. The predicted molar refractivity (Wildman–Crippen MR) is 73.6 cm³/mol. The molecule has 0 saturated heterocycles. The van der Waals surface area contributed by atoms with Crippen LogP contribution in [0.2, 0.25) is 0 Å². The van der Waals surface area contributed by atoms with Crippen LogP contribution in [0.4, 0.5) is 5.69 Å². The van der Waals surface area contributed by atoms with Crippen molar-refractivity contribution >= 4 is 11.6 Å². The van der Waals surface area contributed by atoms with Crippen molar-refractivity contribution in [3.63, 3.8) is 0 Å². The molecule has 112 valence electrons. The van der Waals surface area contributed by atoms with E-state index < -0.39 is 10.8 Å². The Balaban J connectivity index is 2.26. The molecular weight excluding hydrogens is 276 g/mol. The fourth-order valence-corrected chi connectivity index (χ4v) is 2.05. The van der Waals surface area contributed by atoms with Gasteiger partial charge < -0.3 is 4.90 Å². The molecule has 0 aliphatic rings. The Morgan fingerprint density at radius 3 is 2.67 bits per heavy atom. The smallest absolute Gasteiger partial charge is 0.320 e. The largest absolute Gasteiger partial charge is 0.336 e. The van der Waals surface area contributed by atoms with Crippen LogP contribution >= 0.6 is 0 Å². The van der Waals surface area contributed by atoms with E-state index in [4.69, 9.17) is 0 Å². The highest BCUT2D eigenvalue weighted by molar-refractivity contribution is 5.96. The van der Waals surface area contributed by atoms with Gasteiger partial charge in [-0.25, -0.2) is 0 Å². The fourth-order valence-electron chi connectivity index (χ4n) is 2.05. The Labute approximate surface area is 120 Å². The minimum Gasteiger partial charge on any atom is -0.336 e. The standard InChI is InChI=1S/C12H16N6O3/c1-4-17-11(10(6-14-17)18(20)21)12(19)15(2)7-9-5-13-16(3)8-9/h5-6,8H,4,7H2,1-3H3. The summed E-state index contributed by atoms with van der Waals surface area (Å²) in [6.07, 6.45) is 4.54. The van der Waals surface area contributed by atoms with Gasteiger partial charge in [0.1, 0.15) is 6.20 Å². The van der Waals surface area contributed by atoms with Crippen LogP contribution in [0.3, 0.4) is 0 Å². The van der Waals surface area contributed by atoms with Crippen LogP contribution < -0.4 is 0 Å². The molecule has 2 aromatic heterocycles. The van der Waals surface area contributed by atoms with Gasteiger partial charge in [0.25, 0.3) is 5.91 Å². The first kappa shape index (κ1) is 14.7. The molecule has 1 amide bonds. The van der Waals surface area contributed by atoms with E-state index in [1.807, 2.05) is 0 Å². The number of aryl methyl sites for hydroxylation is 2. The minimum absolute atomic E-state index is 0.00566. The van der Waals surface area contributed by atoms with E-state index in [9.17, 15) is 14.9 Å². The molecule has 0 unspecified atom stereocenters. The average molecular weight is 292 g/mol. The highest BCUT2D eigenvalue weighted by Crippen LogP contribution is 2.20. The van der Waals surface area contributed by atoms with E-state index in [-0.39, 0.29) is 11.4 Å². The van der Waals surface area contributed by atoms with Gasteiger partial charge in [0.05, 0.1) is 11.1 Å². The Bertz CT molecular complexity index is 674. The van der Waals surface area contributed by atoms with Crippen molar-refractivity contribution in [2.45, 2.75) is 20.0 Å². The molecule has 9 heteroatoms. The maximum atomic E-state index is 12.5. The lowest BCUT2D eigenvalue weighted by molar-refractivity contribution is -0.385. The second kappa shape index (κ2) is 5.73. The third-order valence-electron chi connectivity index (χ3n) is 3.04. The molecule has 0 atom stereocenters. The summed E-state index contributed by atoms with van der Waals surface area (Å²) in [5, 5.41) is 18.9. The van der Waals surface area contributed by atoms with Gasteiger partial charge in [-0.15, -0.1) is 0 Å². The molecule has 0 N–H and O–H groups in total. The summed E-state index contributed by atoms with van der Waals surface area (Å²) in [7, 11) is 3.37. The first-order chi connectivity index (χ1) is 9.93. The third-order valence-corrected chi connectivity index (χ3v) is 3.04. The number of carbonyl (C=O) groups is 1. The molecule has 0 aromatic carbocycles. The van der Waals surface area contributed by atoms with E-state index in [2.05, 4.69) is 10.2 Å². The third kappa shape index (κ3) is 2.91. The lowest BCUT2D eigenvalue weighted by Crippen LogP contribution is -2.29. The Morgan fingerprint density at radius 1 is 1.43 bits per heavy atom. The zero-order valence-electron chi connectivity index (χ0n) is 12.1. The van der Waals surface area contributed by atoms with Gasteiger partial charge in [-0.1, -0.05) is 0 Å². The number of hydrogen-bond donors (Lipinski definition) is 0. The average Bonchev–Trinajstić information content (AvgIpc) is 3.03. The van der Waals surface area contributed by atoms with Crippen molar-refractivity contribution in [2.75, 3.05) is 7.05 Å². The normalized spacial score (nSPS) is 10.6. The van der Waals surface area contributed by atoms with Crippen LogP contribution in [-0.4, -0.2) is 42.3 Å². The molecule has 0 radical (unpaired) electrons. The maximum Gasteiger partial charge on any atom is 0.320 e. The summed E-state index contributed by atoms with van der Waals surface area (Å²) in [6, 6.07) is 0. The van der Waals surface area contributed by atoms with E-state index in [1.165, 1.54) is 9.58 Å². The quantitative estimate of drug-likeness (QED) is 0.600. The van der Waals surface area contributed by atoms with Gasteiger partial charge >= 0.3 is 5.69 Å². The van der Waals surface area contributed by atoms with Gasteiger partial charge in [0.2, 0.25) is 5.69 Å². The number of amides is 1. The van der Waals surface area contributed by atoms with Crippen LogP contribution in [-0.2, 0) is 20.1 Å². The molecule has 0 bridgehead atoms. The first-order valence-electron chi connectivity index (χ1n) is 6.37. The number of nitro groups is 1. The Kier molecular flexibility index (Phi) is 4.01. The molecule has 21 heavy (non-hydrogen) atoms.